The normalized spacial score (nSPS) is 18.2. The molecule has 1 aromatic heterocycles. The van der Waals surface area contributed by atoms with Crippen LogP contribution in [0.3, 0.4) is 0 Å². The largest absolute Gasteiger partial charge is 0.481 e. The van der Waals surface area contributed by atoms with Crippen LogP contribution in [0.4, 0.5) is 0 Å². The molecule has 1 aliphatic rings. The van der Waals surface area contributed by atoms with E-state index in [-0.39, 0.29) is 0 Å². The third-order valence-electron chi connectivity index (χ3n) is 2.42. The van der Waals surface area contributed by atoms with Crippen LogP contribution in [0.1, 0.15) is 18.4 Å². The fourth-order valence-corrected chi connectivity index (χ4v) is 1.79. The summed E-state index contributed by atoms with van der Waals surface area (Å²) in [5, 5.41) is 9.00. The molecule has 0 atom stereocenters. The van der Waals surface area contributed by atoms with Crippen LogP contribution in [0.2, 0.25) is 0 Å². The van der Waals surface area contributed by atoms with Crippen molar-refractivity contribution in [2.24, 2.45) is 0 Å². The first-order chi connectivity index (χ1) is 6.15. The van der Waals surface area contributed by atoms with Crippen LogP contribution in [0.25, 0.3) is 0 Å². The molecule has 0 saturated heterocycles. The number of carboxylic acid groups (broad SMARTS) is 1. The summed E-state index contributed by atoms with van der Waals surface area (Å²) in [6, 6.07) is 1.83. The molecule has 0 amide bonds. The predicted molar refractivity (Wildman–Crippen MR) is 50.5 cm³/mol. The number of hydrogen-bond donors (Lipinski definition) is 1. The van der Waals surface area contributed by atoms with Gasteiger partial charge < -0.3 is 5.11 Å². The average molecular weight is 242 g/mol. The van der Waals surface area contributed by atoms with E-state index in [1.165, 1.54) is 0 Å². The van der Waals surface area contributed by atoms with E-state index >= 15 is 0 Å². The van der Waals surface area contributed by atoms with Crippen molar-refractivity contribution in [2.45, 2.75) is 18.3 Å². The van der Waals surface area contributed by atoms with Crippen LogP contribution in [-0.2, 0) is 10.2 Å². The summed E-state index contributed by atoms with van der Waals surface area (Å²) >= 11 is 3.28. The summed E-state index contributed by atoms with van der Waals surface area (Å²) in [6.07, 6.45) is 4.73. The number of pyridine rings is 1. The molecule has 68 valence electrons. The number of nitrogens with zero attached hydrogens (tertiary/aromatic N) is 1. The SMILES string of the molecule is O=C(O)C1(c2cncc(Br)c2)CC1. The van der Waals surface area contributed by atoms with E-state index in [9.17, 15) is 4.79 Å². The molecule has 4 heteroatoms. The van der Waals surface area contributed by atoms with Crippen LogP contribution in [0.15, 0.2) is 22.9 Å². The van der Waals surface area contributed by atoms with Crippen molar-refractivity contribution < 1.29 is 9.90 Å². The highest BCUT2D eigenvalue weighted by Crippen LogP contribution is 2.48. The Balaban J connectivity index is 2.41. The van der Waals surface area contributed by atoms with Gasteiger partial charge in [0.05, 0.1) is 5.41 Å². The minimum Gasteiger partial charge on any atom is -0.481 e. The highest BCUT2D eigenvalue weighted by Gasteiger charge is 2.52. The Morgan fingerprint density at radius 3 is 2.69 bits per heavy atom. The molecule has 0 spiro atoms. The molecular formula is C9H8BrNO2. The zero-order valence-corrected chi connectivity index (χ0v) is 8.41. The van der Waals surface area contributed by atoms with Crippen LogP contribution >= 0.6 is 15.9 Å². The molecule has 1 fully saturated rings. The Kier molecular flexibility index (Phi) is 1.87. The Bertz CT molecular complexity index is 360. The van der Waals surface area contributed by atoms with Gasteiger partial charge in [0.15, 0.2) is 0 Å². The molecule has 3 nitrogen and oxygen atoms in total. The first kappa shape index (κ1) is 8.69. The lowest BCUT2D eigenvalue weighted by molar-refractivity contribution is -0.140. The standard InChI is InChI=1S/C9H8BrNO2/c10-7-3-6(4-11-5-7)9(1-2-9)8(12)13/h3-5H,1-2H2,(H,12,13). The van der Waals surface area contributed by atoms with Gasteiger partial charge in [-0.05, 0) is 40.4 Å². The fraction of sp³-hybridized carbons (Fsp3) is 0.333. The van der Waals surface area contributed by atoms with Crippen molar-refractivity contribution in [1.29, 1.82) is 0 Å². The first-order valence-corrected chi connectivity index (χ1v) is 4.79. The smallest absolute Gasteiger partial charge is 0.314 e. The Hall–Kier alpha value is -0.900. The number of halogens is 1. The number of carbonyl (C=O) groups is 1. The first-order valence-electron chi connectivity index (χ1n) is 3.99. The quantitative estimate of drug-likeness (QED) is 0.862. The number of carboxylic acids is 1. The third kappa shape index (κ3) is 1.35. The van der Waals surface area contributed by atoms with Crippen molar-refractivity contribution in [3.63, 3.8) is 0 Å². The van der Waals surface area contributed by atoms with E-state index in [2.05, 4.69) is 20.9 Å². The molecular weight excluding hydrogens is 234 g/mol. The summed E-state index contributed by atoms with van der Waals surface area (Å²) in [7, 11) is 0. The van der Waals surface area contributed by atoms with Gasteiger partial charge in [-0.2, -0.15) is 0 Å². The lowest BCUT2D eigenvalue weighted by Crippen LogP contribution is -2.19. The number of aromatic nitrogens is 1. The van der Waals surface area contributed by atoms with E-state index in [1.807, 2.05) is 6.07 Å². The fourth-order valence-electron chi connectivity index (χ4n) is 1.42. The molecule has 0 bridgehead atoms. The molecule has 1 saturated carbocycles. The summed E-state index contributed by atoms with van der Waals surface area (Å²) in [5.74, 6) is -0.743. The molecule has 13 heavy (non-hydrogen) atoms. The second-order valence-corrected chi connectivity index (χ2v) is 4.19. The topological polar surface area (TPSA) is 50.2 Å². The summed E-state index contributed by atoms with van der Waals surface area (Å²) in [6.45, 7) is 0. The maximum atomic E-state index is 11.0. The van der Waals surface area contributed by atoms with Crippen molar-refractivity contribution in [1.82, 2.24) is 4.98 Å². The summed E-state index contributed by atoms with van der Waals surface area (Å²) < 4.78 is 0.831. The van der Waals surface area contributed by atoms with Gasteiger partial charge in [0.1, 0.15) is 0 Å². The lowest BCUT2D eigenvalue weighted by Gasteiger charge is -2.08. The van der Waals surface area contributed by atoms with Crippen molar-refractivity contribution >= 4 is 21.9 Å². The van der Waals surface area contributed by atoms with Gasteiger partial charge in [-0.15, -0.1) is 0 Å². The van der Waals surface area contributed by atoms with E-state index in [0.717, 1.165) is 22.9 Å². The minimum atomic E-state index is -0.743. The van der Waals surface area contributed by atoms with Crippen molar-refractivity contribution in [3.05, 3.63) is 28.5 Å². The van der Waals surface area contributed by atoms with Gasteiger partial charge >= 0.3 is 5.97 Å². The minimum absolute atomic E-state index is 0.642. The third-order valence-corrected chi connectivity index (χ3v) is 2.85. The maximum Gasteiger partial charge on any atom is 0.314 e. The molecule has 1 heterocycles. The van der Waals surface area contributed by atoms with Gasteiger partial charge in [-0.1, -0.05) is 0 Å². The second-order valence-electron chi connectivity index (χ2n) is 3.28. The number of rotatable bonds is 2. The van der Waals surface area contributed by atoms with Gasteiger partial charge in [0.2, 0.25) is 0 Å². The van der Waals surface area contributed by atoms with Gasteiger partial charge in [-0.25, -0.2) is 0 Å². The second kappa shape index (κ2) is 2.80. The molecule has 0 unspecified atom stereocenters. The molecule has 0 aliphatic heterocycles. The Morgan fingerprint density at radius 2 is 2.23 bits per heavy atom. The molecule has 0 radical (unpaired) electrons. The summed E-state index contributed by atoms with van der Waals surface area (Å²) in [5.41, 5.74) is 0.158. The number of aliphatic carboxylic acids is 1. The van der Waals surface area contributed by atoms with E-state index in [1.54, 1.807) is 12.4 Å². The van der Waals surface area contributed by atoms with Gasteiger partial charge in [0, 0.05) is 16.9 Å². The molecule has 1 N–H and O–H groups in total. The maximum absolute atomic E-state index is 11.0. The van der Waals surface area contributed by atoms with E-state index in [0.29, 0.717) is 0 Å². The molecule has 0 aromatic carbocycles. The predicted octanol–water partition coefficient (Wildman–Crippen LogP) is 1.96. The van der Waals surface area contributed by atoms with Crippen LogP contribution in [0, 0.1) is 0 Å². The summed E-state index contributed by atoms with van der Waals surface area (Å²) in [4.78, 5) is 14.9. The van der Waals surface area contributed by atoms with E-state index in [4.69, 9.17) is 5.11 Å². The monoisotopic (exact) mass is 241 g/mol. The van der Waals surface area contributed by atoms with Gasteiger partial charge in [0.25, 0.3) is 0 Å². The Morgan fingerprint density at radius 1 is 1.54 bits per heavy atom. The van der Waals surface area contributed by atoms with Crippen LogP contribution in [-0.4, -0.2) is 16.1 Å². The van der Waals surface area contributed by atoms with Crippen LogP contribution in [0.5, 0.6) is 0 Å². The zero-order chi connectivity index (χ0) is 9.47. The van der Waals surface area contributed by atoms with Crippen LogP contribution < -0.4 is 0 Å². The highest BCUT2D eigenvalue weighted by atomic mass is 79.9. The highest BCUT2D eigenvalue weighted by molar-refractivity contribution is 9.10. The Labute approximate surface area is 83.9 Å². The van der Waals surface area contributed by atoms with Crippen molar-refractivity contribution in [3.8, 4) is 0 Å². The molecule has 1 aromatic rings. The zero-order valence-electron chi connectivity index (χ0n) is 6.83. The van der Waals surface area contributed by atoms with Crippen molar-refractivity contribution in [2.75, 3.05) is 0 Å². The number of hydrogen-bond acceptors (Lipinski definition) is 2. The molecule has 1 aliphatic carbocycles. The van der Waals surface area contributed by atoms with Gasteiger partial charge in [-0.3, -0.25) is 9.78 Å². The lowest BCUT2D eigenvalue weighted by atomic mass is 9.98. The average Bonchev–Trinajstić information content (AvgIpc) is 2.83. The molecule has 2 rings (SSSR count). The van der Waals surface area contributed by atoms with E-state index < -0.39 is 11.4 Å².